The quantitative estimate of drug-likeness (QED) is 0.603. The van der Waals surface area contributed by atoms with E-state index in [0.717, 1.165) is 4.90 Å². The fourth-order valence-electron chi connectivity index (χ4n) is 2.64. The van der Waals surface area contributed by atoms with Crippen LogP contribution in [0.2, 0.25) is 0 Å². The number of hydrogen-bond acceptors (Lipinski definition) is 5. The van der Waals surface area contributed by atoms with Crippen molar-refractivity contribution in [2.45, 2.75) is 31.2 Å². The van der Waals surface area contributed by atoms with Crippen LogP contribution in [0.5, 0.6) is 0 Å². The van der Waals surface area contributed by atoms with Crippen LogP contribution in [-0.2, 0) is 19.2 Å². The highest BCUT2D eigenvalue weighted by Gasteiger charge is 2.26. The third kappa shape index (κ3) is 5.99. The monoisotopic (exact) mass is 393 g/mol. The molecule has 0 fully saturated rings. The molecule has 8 nitrogen and oxygen atoms in total. The minimum Gasteiger partial charge on any atom is -0.480 e. The topological polar surface area (TPSA) is 116 Å². The van der Waals surface area contributed by atoms with Crippen molar-refractivity contribution in [3.8, 4) is 0 Å². The molecule has 2 rings (SSSR count). The molecule has 0 aromatic heterocycles. The third-order valence-electron chi connectivity index (χ3n) is 3.90. The fraction of sp³-hybridized carbons (Fsp3) is 0.444. The Kier molecular flexibility index (Phi) is 7.23. The van der Waals surface area contributed by atoms with Crippen LogP contribution in [0, 0.1) is 5.92 Å². The maximum atomic E-state index is 12.2. The van der Waals surface area contributed by atoms with Crippen molar-refractivity contribution in [2.24, 2.45) is 5.92 Å². The van der Waals surface area contributed by atoms with Crippen molar-refractivity contribution in [3.63, 3.8) is 0 Å². The summed E-state index contributed by atoms with van der Waals surface area (Å²) in [6.45, 7) is 3.17. The molecule has 0 bridgehead atoms. The molecule has 1 aliphatic heterocycles. The van der Waals surface area contributed by atoms with E-state index in [2.05, 4.69) is 10.6 Å². The molecular weight excluding hydrogens is 370 g/mol. The Hall–Kier alpha value is -2.55. The molecule has 0 aliphatic carbocycles. The second-order valence-electron chi connectivity index (χ2n) is 6.60. The lowest BCUT2D eigenvalue weighted by Gasteiger charge is -2.28. The molecule has 9 heteroatoms. The number of carbonyl (C=O) groups is 4. The molecule has 0 saturated heterocycles. The summed E-state index contributed by atoms with van der Waals surface area (Å²) in [5, 5.41) is 14.0. The van der Waals surface area contributed by atoms with Crippen LogP contribution in [0.15, 0.2) is 29.2 Å². The van der Waals surface area contributed by atoms with Crippen LogP contribution < -0.4 is 15.5 Å². The van der Waals surface area contributed by atoms with Gasteiger partial charge in [0.05, 0.1) is 18.0 Å². The Labute approximate surface area is 161 Å². The second kappa shape index (κ2) is 9.40. The highest BCUT2D eigenvalue weighted by atomic mass is 32.2. The van der Waals surface area contributed by atoms with Gasteiger partial charge in [0.1, 0.15) is 12.6 Å². The number of rotatable bonds is 8. The maximum absolute atomic E-state index is 12.2. The van der Waals surface area contributed by atoms with Crippen molar-refractivity contribution >= 4 is 41.1 Å². The highest BCUT2D eigenvalue weighted by molar-refractivity contribution is 8.00. The minimum atomic E-state index is -1.11. The first-order chi connectivity index (χ1) is 12.8. The van der Waals surface area contributed by atoms with E-state index in [1.54, 1.807) is 12.1 Å². The molecule has 146 valence electrons. The molecule has 0 unspecified atom stereocenters. The molecule has 27 heavy (non-hydrogen) atoms. The van der Waals surface area contributed by atoms with Crippen LogP contribution in [-0.4, -0.2) is 53.7 Å². The summed E-state index contributed by atoms with van der Waals surface area (Å²) in [7, 11) is 0. The molecule has 0 radical (unpaired) electrons. The summed E-state index contributed by atoms with van der Waals surface area (Å²) in [6.07, 6.45) is 0.297. The summed E-state index contributed by atoms with van der Waals surface area (Å²) in [4.78, 5) is 49.7. The summed E-state index contributed by atoms with van der Waals surface area (Å²) < 4.78 is 0. The Morgan fingerprint density at radius 3 is 2.59 bits per heavy atom. The number of nitrogens with one attached hydrogen (secondary N) is 2. The van der Waals surface area contributed by atoms with Crippen LogP contribution in [0.1, 0.15) is 20.3 Å². The van der Waals surface area contributed by atoms with Gasteiger partial charge in [-0.15, -0.1) is 11.8 Å². The van der Waals surface area contributed by atoms with Gasteiger partial charge in [-0.05, 0) is 24.5 Å². The van der Waals surface area contributed by atoms with Gasteiger partial charge < -0.3 is 20.6 Å². The van der Waals surface area contributed by atoms with Gasteiger partial charge in [-0.1, -0.05) is 26.0 Å². The van der Waals surface area contributed by atoms with Crippen molar-refractivity contribution in [2.75, 3.05) is 23.7 Å². The standard InChI is InChI=1S/C18H23N3O5S/c1-11(2)7-12(18(25)26)20-15(22)8-19-16(23)9-21-13-5-3-4-6-14(13)27-10-17(21)24/h3-6,11-12H,7-10H2,1-2H3,(H,19,23)(H,20,22)(H,25,26)/t12-/m0/s1. The maximum Gasteiger partial charge on any atom is 0.326 e. The van der Waals surface area contributed by atoms with Crippen molar-refractivity contribution in [1.29, 1.82) is 0 Å². The molecule has 1 atom stereocenters. The zero-order valence-corrected chi connectivity index (χ0v) is 16.0. The Bertz CT molecular complexity index is 737. The molecule has 1 aliphatic rings. The first-order valence-electron chi connectivity index (χ1n) is 8.59. The average Bonchev–Trinajstić information content (AvgIpc) is 2.61. The van der Waals surface area contributed by atoms with E-state index in [0.29, 0.717) is 12.1 Å². The van der Waals surface area contributed by atoms with Gasteiger partial charge in [0.15, 0.2) is 0 Å². The molecule has 3 amide bonds. The molecule has 1 aromatic carbocycles. The number of anilines is 1. The Morgan fingerprint density at radius 1 is 1.22 bits per heavy atom. The van der Waals surface area contributed by atoms with E-state index in [1.165, 1.54) is 16.7 Å². The predicted octanol–water partition coefficient (Wildman–Crippen LogP) is 0.857. The first-order valence-corrected chi connectivity index (χ1v) is 9.57. The number of nitrogens with zero attached hydrogens (tertiary/aromatic N) is 1. The number of carbonyl (C=O) groups excluding carboxylic acids is 3. The molecule has 3 N–H and O–H groups in total. The smallest absolute Gasteiger partial charge is 0.326 e. The lowest BCUT2D eigenvalue weighted by Crippen LogP contribution is -2.48. The number of para-hydroxylation sites is 1. The number of amides is 3. The van der Waals surface area contributed by atoms with Gasteiger partial charge in [0, 0.05) is 4.90 Å². The van der Waals surface area contributed by atoms with E-state index in [1.807, 2.05) is 26.0 Å². The largest absolute Gasteiger partial charge is 0.480 e. The molecule has 1 aromatic rings. The lowest BCUT2D eigenvalue weighted by atomic mass is 10.0. The zero-order valence-electron chi connectivity index (χ0n) is 15.2. The number of carboxylic acid groups (broad SMARTS) is 1. The molecule has 0 spiro atoms. The molecule has 1 heterocycles. The first kappa shape index (κ1) is 20.8. The van der Waals surface area contributed by atoms with Crippen LogP contribution >= 0.6 is 11.8 Å². The molecule has 0 saturated carbocycles. The predicted molar refractivity (Wildman–Crippen MR) is 102 cm³/mol. The number of hydrogen-bond donors (Lipinski definition) is 3. The van der Waals surface area contributed by atoms with Gasteiger partial charge in [0.2, 0.25) is 17.7 Å². The summed E-state index contributed by atoms with van der Waals surface area (Å²) >= 11 is 1.42. The number of benzene rings is 1. The Balaban J connectivity index is 1.88. The van der Waals surface area contributed by atoms with Gasteiger partial charge in [-0.2, -0.15) is 0 Å². The summed E-state index contributed by atoms with van der Waals surface area (Å²) in [5.74, 6) is -2.02. The van der Waals surface area contributed by atoms with Crippen LogP contribution in [0.25, 0.3) is 0 Å². The molecular formula is C18H23N3O5S. The SMILES string of the molecule is CC(C)C[C@H](NC(=O)CNC(=O)CN1C(=O)CSc2ccccc21)C(=O)O. The summed E-state index contributed by atoms with van der Waals surface area (Å²) in [6, 6.07) is 6.30. The van der Waals surface area contributed by atoms with E-state index < -0.39 is 23.8 Å². The second-order valence-corrected chi connectivity index (χ2v) is 7.62. The number of carboxylic acids is 1. The van der Waals surface area contributed by atoms with E-state index in [9.17, 15) is 19.2 Å². The minimum absolute atomic E-state index is 0.101. The Morgan fingerprint density at radius 2 is 1.93 bits per heavy atom. The van der Waals surface area contributed by atoms with E-state index in [-0.39, 0.29) is 30.7 Å². The lowest BCUT2D eigenvalue weighted by molar-refractivity contribution is -0.142. The van der Waals surface area contributed by atoms with E-state index >= 15 is 0 Å². The number of fused-ring (bicyclic) bond motifs is 1. The van der Waals surface area contributed by atoms with Crippen molar-refractivity contribution in [3.05, 3.63) is 24.3 Å². The van der Waals surface area contributed by atoms with Crippen LogP contribution in [0.3, 0.4) is 0 Å². The van der Waals surface area contributed by atoms with Crippen molar-refractivity contribution < 1.29 is 24.3 Å². The number of thioether (sulfide) groups is 1. The average molecular weight is 393 g/mol. The number of aliphatic carboxylic acids is 1. The third-order valence-corrected chi connectivity index (χ3v) is 4.94. The van der Waals surface area contributed by atoms with Gasteiger partial charge in [-0.3, -0.25) is 14.4 Å². The van der Waals surface area contributed by atoms with Gasteiger partial charge in [-0.25, -0.2) is 4.79 Å². The van der Waals surface area contributed by atoms with E-state index in [4.69, 9.17) is 5.11 Å². The summed E-state index contributed by atoms with van der Waals surface area (Å²) in [5.41, 5.74) is 0.668. The normalized spacial score (nSPS) is 14.5. The highest BCUT2D eigenvalue weighted by Crippen LogP contribution is 2.34. The van der Waals surface area contributed by atoms with Crippen LogP contribution in [0.4, 0.5) is 5.69 Å². The fourth-order valence-corrected chi connectivity index (χ4v) is 3.58. The van der Waals surface area contributed by atoms with Gasteiger partial charge in [0.25, 0.3) is 0 Å². The van der Waals surface area contributed by atoms with Gasteiger partial charge >= 0.3 is 5.97 Å². The zero-order chi connectivity index (χ0) is 20.0. The van der Waals surface area contributed by atoms with Crippen molar-refractivity contribution in [1.82, 2.24) is 10.6 Å².